The third-order valence-electron chi connectivity index (χ3n) is 5.18. The molecule has 0 spiro atoms. The molecule has 0 saturated carbocycles. The lowest BCUT2D eigenvalue weighted by Crippen LogP contribution is -2.51. The first-order chi connectivity index (χ1) is 12.1. The summed E-state index contributed by atoms with van der Waals surface area (Å²) in [4.78, 5) is 28.7. The minimum atomic E-state index is -0.148. The van der Waals surface area contributed by atoms with E-state index in [1.165, 1.54) is 6.42 Å². The van der Waals surface area contributed by atoms with Gasteiger partial charge in [0, 0.05) is 37.3 Å². The van der Waals surface area contributed by atoms with Gasteiger partial charge < -0.3 is 19.9 Å². The van der Waals surface area contributed by atoms with Crippen molar-refractivity contribution < 1.29 is 14.3 Å². The number of nitrogens with zero attached hydrogens (tertiary/aromatic N) is 2. The average Bonchev–Trinajstić information content (AvgIpc) is 3.01. The molecule has 0 aliphatic carbocycles. The summed E-state index contributed by atoms with van der Waals surface area (Å²) < 4.78 is 5.23. The average molecular weight is 345 g/mol. The molecule has 2 heterocycles. The van der Waals surface area contributed by atoms with Crippen LogP contribution in [0.4, 0.5) is 10.5 Å². The van der Waals surface area contributed by atoms with Crippen molar-refractivity contribution in [2.24, 2.45) is 0 Å². The van der Waals surface area contributed by atoms with Crippen molar-refractivity contribution >= 4 is 17.6 Å². The van der Waals surface area contributed by atoms with E-state index in [0.717, 1.165) is 37.2 Å². The maximum absolute atomic E-state index is 12.6. The van der Waals surface area contributed by atoms with Crippen LogP contribution < -0.4 is 15.0 Å². The second-order valence-corrected chi connectivity index (χ2v) is 6.81. The highest BCUT2D eigenvalue weighted by atomic mass is 16.5. The van der Waals surface area contributed by atoms with E-state index in [1.807, 2.05) is 29.2 Å². The van der Waals surface area contributed by atoms with Crippen LogP contribution in [0.2, 0.25) is 0 Å². The molecule has 2 fully saturated rings. The van der Waals surface area contributed by atoms with Gasteiger partial charge in [0.2, 0.25) is 5.91 Å². The predicted molar refractivity (Wildman–Crippen MR) is 96.9 cm³/mol. The van der Waals surface area contributed by atoms with Crippen LogP contribution in [0.5, 0.6) is 5.75 Å². The fourth-order valence-electron chi connectivity index (χ4n) is 3.78. The van der Waals surface area contributed by atoms with Crippen LogP contribution in [0.25, 0.3) is 0 Å². The zero-order valence-corrected chi connectivity index (χ0v) is 15.0. The molecule has 0 aromatic heterocycles. The number of amides is 3. The number of likely N-dealkylation sites (tertiary alicyclic amines) is 1. The number of hydrogen-bond donors (Lipinski definition) is 1. The number of hydrogen-bond acceptors (Lipinski definition) is 3. The molecule has 2 aliphatic heterocycles. The van der Waals surface area contributed by atoms with E-state index < -0.39 is 0 Å². The highest BCUT2D eigenvalue weighted by molar-refractivity contribution is 5.97. The SMILES string of the molecule is CC[C@@H]1CCCCN1C(=O)N[C@H]1CC(=O)N(c2cccc(OC)c2)C1. The first kappa shape index (κ1) is 17.6. The van der Waals surface area contributed by atoms with Crippen LogP contribution in [0, 0.1) is 0 Å². The molecule has 0 unspecified atom stereocenters. The Labute approximate surface area is 149 Å². The van der Waals surface area contributed by atoms with Gasteiger partial charge >= 0.3 is 6.03 Å². The number of methoxy groups -OCH3 is 1. The fraction of sp³-hybridized carbons (Fsp3) is 0.579. The summed E-state index contributed by atoms with van der Waals surface area (Å²) in [5, 5.41) is 3.06. The second kappa shape index (κ2) is 7.76. The first-order valence-corrected chi connectivity index (χ1v) is 9.14. The number of nitrogens with one attached hydrogen (secondary N) is 1. The Kier molecular flexibility index (Phi) is 5.46. The summed E-state index contributed by atoms with van der Waals surface area (Å²) in [6.07, 6.45) is 4.64. The number of ether oxygens (including phenoxy) is 1. The molecule has 136 valence electrons. The highest BCUT2D eigenvalue weighted by Crippen LogP contribution is 2.26. The smallest absolute Gasteiger partial charge is 0.317 e. The second-order valence-electron chi connectivity index (χ2n) is 6.81. The lowest BCUT2D eigenvalue weighted by atomic mass is 10.0. The predicted octanol–water partition coefficient (Wildman–Crippen LogP) is 2.77. The molecule has 3 rings (SSSR count). The number of urea groups is 1. The molecule has 0 bridgehead atoms. The molecule has 6 nitrogen and oxygen atoms in total. The van der Waals surface area contributed by atoms with E-state index in [-0.39, 0.29) is 18.0 Å². The van der Waals surface area contributed by atoms with Gasteiger partial charge in [0.15, 0.2) is 0 Å². The molecular weight excluding hydrogens is 318 g/mol. The van der Waals surface area contributed by atoms with E-state index >= 15 is 0 Å². The number of carbonyl (C=O) groups excluding carboxylic acids is 2. The molecule has 2 aliphatic rings. The minimum absolute atomic E-state index is 0.0307. The zero-order chi connectivity index (χ0) is 17.8. The fourth-order valence-corrected chi connectivity index (χ4v) is 3.78. The topological polar surface area (TPSA) is 61.9 Å². The third-order valence-corrected chi connectivity index (χ3v) is 5.18. The van der Waals surface area contributed by atoms with Gasteiger partial charge in [0.05, 0.1) is 13.2 Å². The van der Waals surface area contributed by atoms with Gasteiger partial charge in [-0.1, -0.05) is 13.0 Å². The molecule has 6 heteroatoms. The van der Waals surface area contributed by atoms with Crippen LogP contribution in [0.1, 0.15) is 39.0 Å². The van der Waals surface area contributed by atoms with E-state index in [2.05, 4.69) is 12.2 Å². The van der Waals surface area contributed by atoms with Gasteiger partial charge in [-0.2, -0.15) is 0 Å². The van der Waals surface area contributed by atoms with Crippen molar-refractivity contribution in [2.45, 2.75) is 51.1 Å². The van der Waals surface area contributed by atoms with Crippen LogP contribution in [0.15, 0.2) is 24.3 Å². The Morgan fingerprint density at radius 3 is 2.96 bits per heavy atom. The summed E-state index contributed by atoms with van der Waals surface area (Å²) in [6.45, 7) is 3.44. The van der Waals surface area contributed by atoms with E-state index in [4.69, 9.17) is 4.74 Å². The van der Waals surface area contributed by atoms with Gasteiger partial charge in [-0.05, 0) is 37.8 Å². The summed E-state index contributed by atoms with van der Waals surface area (Å²) in [5.74, 6) is 0.751. The number of anilines is 1. The van der Waals surface area contributed by atoms with Crippen molar-refractivity contribution in [3.05, 3.63) is 24.3 Å². The molecule has 1 aromatic rings. The molecule has 25 heavy (non-hydrogen) atoms. The molecule has 2 saturated heterocycles. The standard InChI is InChI=1S/C19H27N3O3/c1-3-15-7-4-5-10-21(15)19(24)20-14-11-18(23)22(13-14)16-8-6-9-17(12-16)25-2/h6,8-9,12,14-15H,3-5,7,10-11,13H2,1-2H3,(H,20,24)/t14-,15+/m0/s1. The maximum Gasteiger partial charge on any atom is 0.317 e. The van der Waals surface area contributed by atoms with Crippen LogP contribution in [0.3, 0.4) is 0 Å². The largest absolute Gasteiger partial charge is 0.497 e. The summed E-state index contributed by atoms with van der Waals surface area (Å²) in [7, 11) is 1.61. The van der Waals surface area contributed by atoms with Crippen molar-refractivity contribution in [3.8, 4) is 5.75 Å². The molecule has 2 atom stereocenters. The van der Waals surface area contributed by atoms with E-state index in [1.54, 1.807) is 12.0 Å². The van der Waals surface area contributed by atoms with Crippen LogP contribution in [-0.4, -0.2) is 49.1 Å². The van der Waals surface area contributed by atoms with Crippen molar-refractivity contribution in [3.63, 3.8) is 0 Å². The Morgan fingerprint density at radius 1 is 1.36 bits per heavy atom. The Bertz CT molecular complexity index is 634. The van der Waals surface area contributed by atoms with Gasteiger partial charge in [0.25, 0.3) is 0 Å². The monoisotopic (exact) mass is 345 g/mol. The first-order valence-electron chi connectivity index (χ1n) is 9.14. The quantitative estimate of drug-likeness (QED) is 0.913. The molecule has 0 radical (unpaired) electrons. The molecule has 1 aromatic carbocycles. The van der Waals surface area contributed by atoms with Gasteiger partial charge in [-0.3, -0.25) is 4.79 Å². The van der Waals surface area contributed by atoms with Gasteiger partial charge in [-0.15, -0.1) is 0 Å². The highest BCUT2D eigenvalue weighted by Gasteiger charge is 2.34. The van der Waals surface area contributed by atoms with Crippen molar-refractivity contribution in [2.75, 3.05) is 25.1 Å². The lowest BCUT2D eigenvalue weighted by Gasteiger charge is -2.35. The summed E-state index contributed by atoms with van der Waals surface area (Å²) in [5.41, 5.74) is 0.811. The summed E-state index contributed by atoms with van der Waals surface area (Å²) in [6, 6.07) is 7.60. The normalized spacial score (nSPS) is 23.7. The zero-order valence-electron chi connectivity index (χ0n) is 15.0. The Hall–Kier alpha value is -2.24. The third kappa shape index (κ3) is 3.89. The van der Waals surface area contributed by atoms with Crippen LogP contribution >= 0.6 is 0 Å². The lowest BCUT2D eigenvalue weighted by molar-refractivity contribution is -0.117. The number of piperidine rings is 1. The number of rotatable bonds is 4. The molecule has 3 amide bonds. The Balaban J connectivity index is 1.63. The Morgan fingerprint density at radius 2 is 2.20 bits per heavy atom. The number of carbonyl (C=O) groups is 2. The molecule has 1 N–H and O–H groups in total. The van der Waals surface area contributed by atoms with Crippen molar-refractivity contribution in [1.29, 1.82) is 0 Å². The minimum Gasteiger partial charge on any atom is -0.497 e. The van der Waals surface area contributed by atoms with Gasteiger partial charge in [-0.25, -0.2) is 4.79 Å². The van der Waals surface area contributed by atoms with E-state index in [0.29, 0.717) is 19.0 Å². The maximum atomic E-state index is 12.6. The van der Waals surface area contributed by atoms with Gasteiger partial charge in [0.1, 0.15) is 5.75 Å². The van der Waals surface area contributed by atoms with Crippen LogP contribution in [-0.2, 0) is 4.79 Å². The van der Waals surface area contributed by atoms with E-state index in [9.17, 15) is 9.59 Å². The number of benzene rings is 1. The summed E-state index contributed by atoms with van der Waals surface area (Å²) >= 11 is 0. The molecular formula is C19H27N3O3. The van der Waals surface area contributed by atoms with Crippen molar-refractivity contribution in [1.82, 2.24) is 10.2 Å².